The molecule has 0 aliphatic carbocycles. The van der Waals surface area contributed by atoms with Gasteiger partial charge in [-0.1, -0.05) is 56.3 Å². The molecule has 1 fully saturated rings. The number of hydrogen-bond donors (Lipinski definition) is 1. The fourth-order valence-electron chi connectivity index (χ4n) is 3.45. The lowest BCUT2D eigenvalue weighted by Gasteiger charge is -2.34. The zero-order valence-corrected chi connectivity index (χ0v) is 17.8. The Kier molecular flexibility index (Phi) is 7.95. The molecule has 1 heterocycles. The first kappa shape index (κ1) is 20.9. The maximum atomic E-state index is 12.6. The van der Waals surface area contributed by atoms with Crippen LogP contribution in [0.2, 0.25) is 0 Å². The number of nitrogens with zero attached hydrogens (tertiary/aromatic N) is 2. The van der Waals surface area contributed by atoms with Crippen molar-refractivity contribution in [3.05, 3.63) is 65.7 Å². The van der Waals surface area contributed by atoms with Crippen LogP contribution in [0.15, 0.2) is 59.5 Å². The molecular formula is C23H31N3OS. The van der Waals surface area contributed by atoms with Gasteiger partial charge in [-0.2, -0.15) is 0 Å². The fraction of sp³-hybridized carbons (Fsp3) is 0.435. The summed E-state index contributed by atoms with van der Waals surface area (Å²) >= 11 is 1.74. The molecule has 1 amide bonds. The monoisotopic (exact) mass is 397 g/mol. The van der Waals surface area contributed by atoms with E-state index in [4.69, 9.17) is 0 Å². The van der Waals surface area contributed by atoms with Crippen LogP contribution in [-0.2, 0) is 6.54 Å². The Bertz CT molecular complexity index is 743. The minimum Gasteiger partial charge on any atom is -0.351 e. The van der Waals surface area contributed by atoms with Gasteiger partial charge in [0.2, 0.25) is 0 Å². The standard InChI is InChI=1S/C23H31N3OS/c1-19(2)28-22-11-7-6-10-21(22)23(27)24-12-13-25-14-16-26(17-15-25)18-20-8-4-3-5-9-20/h3-11,19H,12-18H2,1-2H3,(H,24,27). The van der Waals surface area contributed by atoms with Crippen LogP contribution in [-0.4, -0.2) is 60.2 Å². The number of amides is 1. The van der Waals surface area contributed by atoms with Crippen molar-refractivity contribution in [2.75, 3.05) is 39.3 Å². The smallest absolute Gasteiger partial charge is 0.252 e. The molecule has 150 valence electrons. The van der Waals surface area contributed by atoms with E-state index >= 15 is 0 Å². The van der Waals surface area contributed by atoms with Crippen molar-refractivity contribution < 1.29 is 4.79 Å². The Labute approximate surface area is 173 Å². The maximum absolute atomic E-state index is 12.6. The SMILES string of the molecule is CC(C)Sc1ccccc1C(=O)NCCN1CCN(Cc2ccccc2)CC1. The number of rotatable bonds is 8. The van der Waals surface area contributed by atoms with Gasteiger partial charge in [-0.15, -0.1) is 11.8 Å². The normalized spacial score (nSPS) is 15.7. The van der Waals surface area contributed by atoms with Gasteiger partial charge >= 0.3 is 0 Å². The number of thioether (sulfide) groups is 1. The van der Waals surface area contributed by atoms with Gasteiger partial charge in [0.1, 0.15) is 0 Å². The van der Waals surface area contributed by atoms with E-state index in [9.17, 15) is 4.79 Å². The molecule has 1 aliphatic heterocycles. The Morgan fingerprint density at radius 3 is 2.32 bits per heavy atom. The average molecular weight is 398 g/mol. The molecule has 2 aromatic rings. The summed E-state index contributed by atoms with van der Waals surface area (Å²) in [6.07, 6.45) is 0. The topological polar surface area (TPSA) is 35.6 Å². The molecule has 1 aliphatic rings. The van der Waals surface area contributed by atoms with Gasteiger partial charge in [-0.3, -0.25) is 14.6 Å². The Morgan fingerprint density at radius 2 is 1.61 bits per heavy atom. The molecule has 0 radical (unpaired) electrons. The van der Waals surface area contributed by atoms with E-state index in [0.717, 1.165) is 49.7 Å². The zero-order chi connectivity index (χ0) is 19.8. The van der Waals surface area contributed by atoms with Crippen molar-refractivity contribution in [3.8, 4) is 0 Å². The van der Waals surface area contributed by atoms with Gasteiger partial charge in [-0.05, 0) is 17.7 Å². The Balaban J connectivity index is 1.40. The van der Waals surface area contributed by atoms with Crippen molar-refractivity contribution in [2.24, 2.45) is 0 Å². The first-order valence-electron chi connectivity index (χ1n) is 10.1. The van der Waals surface area contributed by atoms with Gasteiger partial charge in [0.25, 0.3) is 5.91 Å². The van der Waals surface area contributed by atoms with Crippen LogP contribution in [0.4, 0.5) is 0 Å². The lowest BCUT2D eigenvalue weighted by Crippen LogP contribution is -2.48. The van der Waals surface area contributed by atoms with Crippen molar-refractivity contribution in [2.45, 2.75) is 30.5 Å². The van der Waals surface area contributed by atoms with Crippen LogP contribution in [0.1, 0.15) is 29.8 Å². The van der Waals surface area contributed by atoms with Gasteiger partial charge in [0.15, 0.2) is 0 Å². The third kappa shape index (κ3) is 6.36. The Morgan fingerprint density at radius 1 is 0.964 bits per heavy atom. The van der Waals surface area contributed by atoms with Crippen LogP contribution in [0, 0.1) is 0 Å². The fourth-order valence-corrected chi connectivity index (χ4v) is 4.40. The average Bonchev–Trinajstić information content (AvgIpc) is 2.70. The second-order valence-corrected chi connectivity index (χ2v) is 9.14. The second-order valence-electron chi connectivity index (χ2n) is 7.52. The number of carbonyl (C=O) groups excluding carboxylic acids is 1. The molecule has 1 N–H and O–H groups in total. The van der Waals surface area contributed by atoms with E-state index in [1.807, 2.05) is 24.3 Å². The van der Waals surface area contributed by atoms with Crippen molar-refractivity contribution in [1.29, 1.82) is 0 Å². The predicted molar refractivity (Wildman–Crippen MR) is 118 cm³/mol. The number of nitrogens with one attached hydrogen (secondary N) is 1. The molecule has 0 bridgehead atoms. The molecule has 0 unspecified atom stereocenters. The second kappa shape index (κ2) is 10.6. The van der Waals surface area contributed by atoms with E-state index < -0.39 is 0 Å². The summed E-state index contributed by atoms with van der Waals surface area (Å²) in [7, 11) is 0. The van der Waals surface area contributed by atoms with E-state index in [2.05, 4.69) is 59.3 Å². The zero-order valence-electron chi connectivity index (χ0n) is 16.9. The molecule has 0 aromatic heterocycles. The molecule has 3 rings (SSSR count). The quantitative estimate of drug-likeness (QED) is 0.689. The van der Waals surface area contributed by atoms with Gasteiger partial charge in [-0.25, -0.2) is 0 Å². The third-order valence-electron chi connectivity index (χ3n) is 4.92. The summed E-state index contributed by atoms with van der Waals surface area (Å²) < 4.78 is 0. The van der Waals surface area contributed by atoms with E-state index in [1.54, 1.807) is 11.8 Å². The highest BCUT2D eigenvalue weighted by Gasteiger charge is 2.17. The lowest BCUT2D eigenvalue weighted by atomic mass is 10.2. The summed E-state index contributed by atoms with van der Waals surface area (Å²) in [5, 5.41) is 3.56. The molecular weight excluding hydrogens is 366 g/mol. The summed E-state index contributed by atoms with van der Waals surface area (Å²) in [6, 6.07) is 18.5. The largest absolute Gasteiger partial charge is 0.351 e. The van der Waals surface area contributed by atoms with E-state index in [-0.39, 0.29) is 5.91 Å². The first-order valence-corrected chi connectivity index (χ1v) is 11.0. The summed E-state index contributed by atoms with van der Waals surface area (Å²) in [6.45, 7) is 11.2. The molecule has 1 saturated heterocycles. The van der Waals surface area contributed by atoms with Gasteiger partial charge in [0.05, 0.1) is 5.56 Å². The van der Waals surface area contributed by atoms with Crippen molar-refractivity contribution >= 4 is 17.7 Å². The molecule has 0 spiro atoms. The maximum Gasteiger partial charge on any atom is 0.252 e. The predicted octanol–water partition coefficient (Wildman–Crippen LogP) is 3.73. The number of piperazine rings is 1. The molecule has 0 saturated carbocycles. The highest BCUT2D eigenvalue weighted by molar-refractivity contribution is 8.00. The van der Waals surface area contributed by atoms with Crippen LogP contribution in [0.25, 0.3) is 0 Å². The molecule has 2 aromatic carbocycles. The lowest BCUT2D eigenvalue weighted by molar-refractivity contribution is 0.0931. The van der Waals surface area contributed by atoms with Crippen LogP contribution in [0.5, 0.6) is 0 Å². The minimum atomic E-state index is 0.0338. The highest BCUT2D eigenvalue weighted by Crippen LogP contribution is 2.26. The van der Waals surface area contributed by atoms with Crippen LogP contribution in [0.3, 0.4) is 0 Å². The molecule has 4 nitrogen and oxygen atoms in total. The summed E-state index contributed by atoms with van der Waals surface area (Å²) in [4.78, 5) is 18.6. The molecule has 5 heteroatoms. The number of carbonyl (C=O) groups is 1. The van der Waals surface area contributed by atoms with E-state index in [0.29, 0.717) is 11.8 Å². The molecule has 28 heavy (non-hydrogen) atoms. The van der Waals surface area contributed by atoms with Crippen LogP contribution >= 0.6 is 11.8 Å². The highest BCUT2D eigenvalue weighted by atomic mass is 32.2. The number of benzene rings is 2. The third-order valence-corrected chi connectivity index (χ3v) is 6.00. The number of hydrogen-bond acceptors (Lipinski definition) is 4. The Hall–Kier alpha value is -1.82. The van der Waals surface area contributed by atoms with Crippen molar-refractivity contribution in [3.63, 3.8) is 0 Å². The first-order chi connectivity index (χ1) is 13.6. The molecule has 0 atom stereocenters. The van der Waals surface area contributed by atoms with Gasteiger partial charge in [0, 0.05) is 56.0 Å². The van der Waals surface area contributed by atoms with Crippen LogP contribution < -0.4 is 5.32 Å². The van der Waals surface area contributed by atoms with Gasteiger partial charge < -0.3 is 5.32 Å². The summed E-state index contributed by atoms with van der Waals surface area (Å²) in [5.74, 6) is 0.0338. The van der Waals surface area contributed by atoms with E-state index in [1.165, 1.54) is 5.56 Å². The van der Waals surface area contributed by atoms with Crippen molar-refractivity contribution in [1.82, 2.24) is 15.1 Å². The minimum absolute atomic E-state index is 0.0338. The summed E-state index contributed by atoms with van der Waals surface area (Å²) in [5.41, 5.74) is 2.16.